The summed E-state index contributed by atoms with van der Waals surface area (Å²) in [4.78, 5) is 18.8. The Labute approximate surface area is 136 Å². The molecule has 1 saturated heterocycles. The van der Waals surface area contributed by atoms with E-state index in [0.29, 0.717) is 15.9 Å². The van der Waals surface area contributed by atoms with Crippen LogP contribution in [-0.4, -0.2) is 35.9 Å². The van der Waals surface area contributed by atoms with Gasteiger partial charge < -0.3 is 14.6 Å². The first kappa shape index (κ1) is 15.0. The number of aromatic nitrogens is 1. The Bertz CT molecular complexity index is 757. The lowest BCUT2D eigenvalue weighted by molar-refractivity contribution is -0.121. The van der Waals surface area contributed by atoms with Crippen molar-refractivity contribution in [2.75, 3.05) is 25.5 Å². The van der Waals surface area contributed by atoms with Crippen LogP contribution in [0.15, 0.2) is 21.2 Å². The Hall–Kier alpha value is -1.91. The van der Waals surface area contributed by atoms with E-state index in [1.807, 2.05) is 6.07 Å². The van der Waals surface area contributed by atoms with Gasteiger partial charge in [-0.2, -0.15) is 5.26 Å². The molecule has 0 spiro atoms. The molecule has 1 aliphatic heterocycles. The molecule has 0 atom stereocenters. The maximum atomic E-state index is 12.4. The predicted molar refractivity (Wildman–Crippen MR) is 85.3 cm³/mol. The lowest BCUT2D eigenvalue weighted by Gasteiger charge is -2.28. The second-order valence-corrected chi connectivity index (χ2v) is 6.28. The molecule has 0 aromatic carbocycles. The number of rotatable bonds is 2. The summed E-state index contributed by atoms with van der Waals surface area (Å²) in [6.45, 7) is 1.86. The molecule has 1 amide bonds. The number of nitriles is 1. The van der Waals surface area contributed by atoms with Crippen molar-refractivity contribution in [1.29, 1.82) is 5.26 Å². The first-order valence-electron chi connectivity index (χ1n) is 7.06. The fourth-order valence-corrected chi connectivity index (χ4v) is 3.12. The van der Waals surface area contributed by atoms with Gasteiger partial charge in [0.1, 0.15) is 11.9 Å². The molecular formula is C15H15BrN4O2. The Kier molecular flexibility index (Phi) is 4.14. The van der Waals surface area contributed by atoms with Crippen LogP contribution in [0, 0.1) is 17.2 Å². The van der Waals surface area contributed by atoms with Crippen molar-refractivity contribution in [3.05, 3.63) is 22.5 Å². The third-order valence-electron chi connectivity index (χ3n) is 3.96. The van der Waals surface area contributed by atoms with Crippen LogP contribution >= 0.6 is 15.9 Å². The number of furan rings is 1. The summed E-state index contributed by atoms with van der Waals surface area (Å²) in [6.07, 6.45) is 3.23. The maximum Gasteiger partial charge on any atom is 0.228 e. The summed E-state index contributed by atoms with van der Waals surface area (Å²) in [5, 5.41) is 12.5. The van der Waals surface area contributed by atoms with E-state index in [4.69, 9.17) is 9.68 Å². The van der Waals surface area contributed by atoms with Gasteiger partial charge in [-0.15, -0.1) is 0 Å². The molecular weight excluding hydrogens is 348 g/mol. The van der Waals surface area contributed by atoms with E-state index in [2.05, 4.69) is 38.2 Å². The van der Waals surface area contributed by atoms with Crippen molar-refractivity contribution in [3.8, 4) is 6.07 Å². The number of hydrogen-bond acceptors (Lipinski definition) is 5. The SMILES string of the molecule is CN1CCC(C(=O)Nc2ncc3oc(C#N)cc3c2Br)CC1. The van der Waals surface area contributed by atoms with E-state index >= 15 is 0 Å². The van der Waals surface area contributed by atoms with Crippen LogP contribution < -0.4 is 5.32 Å². The summed E-state index contributed by atoms with van der Waals surface area (Å²) in [7, 11) is 2.06. The number of hydrogen-bond donors (Lipinski definition) is 1. The lowest BCUT2D eigenvalue weighted by Crippen LogP contribution is -2.36. The van der Waals surface area contributed by atoms with Crippen LogP contribution in [0.5, 0.6) is 0 Å². The minimum atomic E-state index is -0.00958. The smallest absolute Gasteiger partial charge is 0.228 e. The number of anilines is 1. The Morgan fingerprint density at radius 3 is 2.95 bits per heavy atom. The quantitative estimate of drug-likeness (QED) is 0.887. The van der Waals surface area contributed by atoms with Gasteiger partial charge in [0.15, 0.2) is 5.58 Å². The Morgan fingerprint density at radius 1 is 1.55 bits per heavy atom. The van der Waals surface area contributed by atoms with E-state index in [-0.39, 0.29) is 17.6 Å². The molecule has 0 saturated carbocycles. The fraction of sp³-hybridized carbons (Fsp3) is 0.400. The average molecular weight is 363 g/mol. The summed E-state index contributed by atoms with van der Waals surface area (Å²) >= 11 is 3.43. The normalized spacial score (nSPS) is 16.6. The van der Waals surface area contributed by atoms with Gasteiger partial charge in [-0.25, -0.2) is 4.98 Å². The molecule has 1 aliphatic rings. The van der Waals surface area contributed by atoms with Gasteiger partial charge >= 0.3 is 0 Å². The molecule has 0 unspecified atom stereocenters. The van der Waals surface area contributed by atoms with E-state index in [1.165, 1.54) is 6.20 Å². The van der Waals surface area contributed by atoms with Gasteiger partial charge in [-0.3, -0.25) is 4.79 Å². The first-order chi connectivity index (χ1) is 10.6. The minimum Gasteiger partial charge on any atom is -0.444 e. The molecule has 2 aromatic heterocycles. The molecule has 7 heteroatoms. The van der Waals surface area contributed by atoms with Gasteiger partial charge in [0.05, 0.1) is 10.7 Å². The minimum absolute atomic E-state index is 0.00958. The number of carbonyl (C=O) groups is 1. The van der Waals surface area contributed by atoms with E-state index in [9.17, 15) is 4.79 Å². The highest BCUT2D eigenvalue weighted by molar-refractivity contribution is 9.10. The van der Waals surface area contributed by atoms with Gasteiger partial charge in [0.25, 0.3) is 0 Å². The summed E-state index contributed by atoms with van der Waals surface area (Å²) in [6, 6.07) is 3.58. The average Bonchev–Trinajstić information content (AvgIpc) is 2.95. The molecule has 2 aromatic rings. The second-order valence-electron chi connectivity index (χ2n) is 5.49. The van der Waals surface area contributed by atoms with Gasteiger partial charge in [0.2, 0.25) is 11.7 Å². The number of nitrogens with one attached hydrogen (secondary N) is 1. The van der Waals surface area contributed by atoms with Crippen molar-refractivity contribution < 1.29 is 9.21 Å². The third kappa shape index (κ3) is 2.85. The molecule has 3 heterocycles. The first-order valence-corrected chi connectivity index (χ1v) is 7.85. The van der Waals surface area contributed by atoms with E-state index in [0.717, 1.165) is 31.3 Å². The molecule has 22 heavy (non-hydrogen) atoms. The molecule has 1 fully saturated rings. The standard InChI is InChI=1S/C15H15BrN4O2/c1-20-4-2-9(3-5-20)15(21)19-14-13(16)11-6-10(7-17)22-12(11)8-18-14/h6,8-9H,2-5H2,1H3,(H,18,19,21). The Balaban J connectivity index is 1.80. The zero-order valence-electron chi connectivity index (χ0n) is 12.1. The van der Waals surface area contributed by atoms with Crippen LogP contribution in [0.2, 0.25) is 0 Å². The molecule has 0 radical (unpaired) electrons. The number of nitrogens with zero attached hydrogens (tertiary/aromatic N) is 3. The van der Waals surface area contributed by atoms with Crippen molar-refractivity contribution in [3.63, 3.8) is 0 Å². The van der Waals surface area contributed by atoms with Gasteiger partial charge in [0, 0.05) is 17.4 Å². The number of fused-ring (bicyclic) bond motifs is 1. The van der Waals surface area contributed by atoms with Crippen LogP contribution in [-0.2, 0) is 4.79 Å². The fourth-order valence-electron chi connectivity index (χ4n) is 2.61. The topological polar surface area (TPSA) is 82.2 Å². The Morgan fingerprint density at radius 2 is 2.27 bits per heavy atom. The predicted octanol–water partition coefficient (Wildman–Crippen LogP) is 2.74. The largest absolute Gasteiger partial charge is 0.444 e. The zero-order chi connectivity index (χ0) is 15.7. The molecule has 6 nitrogen and oxygen atoms in total. The molecule has 0 bridgehead atoms. The summed E-state index contributed by atoms with van der Waals surface area (Å²) in [5.74, 6) is 0.683. The van der Waals surface area contributed by atoms with Gasteiger partial charge in [-0.1, -0.05) is 0 Å². The van der Waals surface area contributed by atoms with Crippen molar-refractivity contribution >= 4 is 38.6 Å². The number of carbonyl (C=O) groups excluding carboxylic acids is 1. The summed E-state index contributed by atoms with van der Waals surface area (Å²) in [5.41, 5.74) is 0.515. The van der Waals surface area contributed by atoms with Crippen LogP contribution in [0.3, 0.4) is 0 Å². The molecule has 3 rings (SSSR count). The van der Waals surface area contributed by atoms with Crippen molar-refractivity contribution in [2.24, 2.45) is 5.92 Å². The zero-order valence-corrected chi connectivity index (χ0v) is 13.7. The van der Waals surface area contributed by atoms with Crippen LogP contribution in [0.4, 0.5) is 5.82 Å². The second kappa shape index (κ2) is 6.07. The number of amides is 1. The maximum absolute atomic E-state index is 12.4. The van der Waals surface area contributed by atoms with Crippen molar-refractivity contribution in [1.82, 2.24) is 9.88 Å². The molecule has 0 aliphatic carbocycles. The van der Waals surface area contributed by atoms with E-state index in [1.54, 1.807) is 6.07 Å². The van der Waals surface area contributed by atoms with Crippen molar-refractivity contribution in [2.45, 2.75) is 12.8 Å². The number of halogens is 1. The third-order valence-corrected chi connectivity index (χ3v) is 4.76. The highest BCUT2D eigenvalue weighted by Gasteiger charge is 2.24. The van der Waals surface area contributed by atoms with Crippen LogP contribution in [0.1, 0.15) is 18.6 Å². The number of likely N-dealkylation sites (tertiary alicyclic amines) is 1. The van der Waals surface area contributed by atoms with Crippen LogP contribution in [0.25, 0.3) is 11.0 Å². The summed E-state index contributed by atoms with van der Waals surface area (Å²) < 4.78 is 5.95. The van der Waals surface area contributed by atoms with Gasteiger partial charge in [-0.05, 0) is 48.9 Å². The van der Waals surface area contributed by atoms with E-state index < -0.39 is 0 Å². The lowest BCUT2D eigenvalue weighted by atomic mass is 9.96. The highest BCUT2D eigenvalue weighted by atomic mass is 79.9. The number of piperidine rings is 1. The number of pyridine rings is 1. The molecule has 114 valence electrons. The molecule has 1 N–H and O–H groups in total. The monoisotopic (exact) mass is 362 g/mol. The highest BCUT2D eigenvalue weighted by Crippen LogP contribution is 2.32.